The highest BCUT2D eigenvalue weighted by atomic mass is 79.9. The van der Waals surface area contributed by atoms with E-state index in [1.165, 1.54) is 7.11 Å². The van der Waals surface area contributed by atoms with Crippen molar-refractivity contribution in [1.29, 1.82) is 0 Å². The molecule has 3 nitrogen and oxygen atoms in total. The SMILES string of the molecule is COC(=O)C(C)(C)NCc1cc(Br)c(Br)s1. The monoisotopic (exact) mass is 369 g/mol. The highest BCUT2D eigenvalue weighted by Gasteiger charge is 2.27. The summed E-state index contributed by atoms with van der Waals surface area (Å²) in [6, 6.07) is 2.02. The van der Waals surface area contributed by atoms with Crippen molar-refractivity contribution in [2.75, 3.05) is 7.11 Å². The number of halogens is 2. The Morgan fingerprint density at radius 1 is 1.56 bits per heavy atom. The summed E-state index contributed by atoms with van der Waals surface area (Å²) in [5, 5.41) is 3.16. The Kier molecular flexibility index (Phi) is 4.97. The van der Waals surface area contributed by atoms with Crippen LogP contribution < -0.4 is 5.32 Å². The van der Waals surface area contributed by atoms with Gasteiger partial charge >= 0.3 is 5.97 Å². The average Bonchev–Trinajstić information content (AvgIpc) is 2.54. The quantitative estimate of drug-likeness (QED) is 0.826. The second kappa shape index (κ2) is 5.62. The third kappa shape index (κ3) is 3.55. The van der Waals surface area contributed by atoms with Crippen LogP contribution in [0.4, 0.5) is 0 Å². The number of ether oxygens (including phenoxy) is 1. The molecule has 0 spiro atoms. The minimum atomic E-state index is -0.669. The van der Waals surface area contributed by atoms with Crippen LogP contribution >= 0.6 is 43.2 Å². The Hall–Kier alpha value is 0.0900. The Morgan fingerprint density at radius 3 is 2.62 bits per heavy atom. The molecule has 90 valence electrons. The molecule has 1 aromatic heterocycles. The lowest BCUT2D eigenvalue weighted by molar-refractivity contribution is -0.147. The third-order valence-corrected chi connectivity index (χ3v) is 5.35. The van der Waals surface area contributed by atoms with Gasteiger partial charge < -0.3 is 4.74 Å². The van der Waals surface area contributed by atoms with E-state index in [-0.39, 0.29) is 5.97 Å². The first-order chi connectivity index (χ1) is 7.36. The minimum Gasteiger partial charge on any atom is -0.468 e. The fraction of sp³-hybridized carbons (Fsp3) is 0.500. The highest BCUT2D eigenvalue weighted by molar-refractivity contribution is 9.13. The van der Waals surface area contributed by atoms with E-state index in [4.69, 9.17) is 4.74 Å². The van der Waals surface area contributed by atoms with Crippen LogP contribution in [0.15, 0.2) is 14.3 Å². The van der Waals surface area contributed by atoms with E-state index in [0.717, 1.165) is 13.1 Å². The summed E-state index contributed by atoms with van der Waals surface area (Å²) in [7, 11) is 1.39. The van der Waals surface area contributed by atoms with Gasteiger partial charge in [-0.25, -0.2) is 0 Å². The molecule has 0 aliphatic carbocycles. The number of carbonyl (C=O) groups excluding carboxylic acids is 1. The molecule has 0 amide bonds. The lowest BCUT2D eigenvalue weighted by Gasteiger charge is -2.22. The van der Waals surface area contributed by atoms with Gasteiger partial charge in [0.2, 0.25) is 0 Å². The maximum absolute atomic E-state index is 11.4. The van der Waals surface area contributed by atoms with E-state index in [0.29, 0.717) is 6.54 Å². The zero-order valence-corrected chi connectivity index (χ0v) is 13.3. The summed E-state index contributed by atoms with van der Waals surface area (Å²) < 4.78 is 6.80. The second-order valence-electron chi connectivity index (χ2n) is 3.80. The van der Waals surface area contributed by atoms with Crippen molar-refractivity contribution >= 4 is 49.2 Å². The van der Waals surface area contributed by atoms with Gasteiger partial charge in [-0.3, -0.25) is 10.1 Å². The lowest BCUT2D eigenvalue weighted by Crippen LogP contribution is -2.46. The van der Waals surface area contributed by atoms with E-state index < -0.39 is 5.54 Å². The number of rotatable bonds is 4. The standard InChI is InChI=1S/C10H13Br2NO2S/c1-10(2,9(14)15-3)13-5-6-4-7(11)8(12)16-6/h4,13H,5H2,1-3H3. The van der Waals surface area contributed by atoms with E-state index in [1.807, 2.05) is 6.07 Å². The smallest absolute Gasteiger partial charge is 0.325 e. The molecule has 0 fully saturated rings. The summed E-state index contributed by atoms with van der Waals surface area (Å²) in [6.45, 7) is 4.24. The van der Waals surface area contributed by atoms with Crippen LogP contribution in [-0.2, 0) is 16.1 Å². The van der Waals surface area contributed by atoms with Crippen LogP contribution in [0.2, 0.25) is 0 Å². The van der Waals surface area contributed by atoms with Crippen molar-refractivity contribution in [3.05, 3.63) is 19.2 Å². The van der Waals surface area contributed by atoms with Crippen molar-refractivity contribution in [2.45, 2.75) is 25.9 Å². The van der Waals surface area contributed by atoms with Gasteiger partial charge in [-0.2, -0.15) is 0 Å². The molecule has 16 heavy (non-hydrogen) atoms. The number of thiophene rings is 1. The topological polar surface area (TPSA) is 38.3 Å². The summed E-state index contributed by atoms with van der Waals surface area (Å²) in [6.07, 6.45) is 0. The first-order valence-corrected chi connectivity index (χ1v) is 7.04. The molecule has 0 unspecified atom stereocenters. The average molecular weight is 371 g/mol. The van der Waals surface area contributed by atoms with E-state index >= 15 is 0 Å². The van der Waals surface area contributed by atoms with Gasteiger partial charge in [0.05, 0.1) is 10.9 Å². The minimum absolute atomic E-state index is 0.262. The Balaban J connectivity index is 2.60. The van der Waals surface area contributed by atoms with Gasteiger partial charge in [0.1, 0.15) is 5.54 Å². The Morgan fingerprint density at radius 2 is 2.19 bits per heavy atom. The van der Waals surface area contributed by atoms with Crippen LogP contribution in [0.5, 0.6) is 0 Å². The van der Waals surface area contributed by atoms with E-state index in [2.05, 4.69) is 37.2 Å². The van der Waals surface area contributed by atoms with Crippen LogP contribution in [0.25, 0.3) is 0 Å². The third-order valence-electron chi connectivity index (χ3n) is 2.10. The van der Waals surface area contributed by atoms with Crippen molar-refractivity contribution in [3.8, 4) is 0 Å². The first-order valence-electron chi connectivity index (χ1n) is 4.64. The van der Waals surface area contributed by atoms with Gasteiger partial charge in [-0.05, 0) is 51.8 Å². The molecule has 0 saturated heterocycles. The molecule has 0 aliphatic rings. The molecule has 0 aromatic carbocycles. The molecule has 0 bridgehead atoms. The zero-order valence-electron chi connectivity index (χ0n) is 9.27. The summed E-state index contributed by atoms with van der Waals surface area (Å²) in [5.74, 6) is -0.262. The van der Waals surface area contributed by atoms with E-state index in [1.54, 1.807) is 25.2 Å². The zero-order chi connectivity index (χ0) is 12.3. The molecule has 1 N–H and O–H groups in total. The molecule has 0 aliphatic heterocycles. The fourth-order valence-corrected chi connectivity index (χ4v) is 3.23. The number of hydrogen-bond donors (Lipinski definition) is 1. The largest absolute Gasteiger partial charge is 0.468 e. The summed E-state index contributed by atoms with van der Waals surface area (Å²) >= 11 is 8.48. The molecule has 0 atom stereocenters. The van der Waals surface area contributed by atoms with Crippen LogP contribution in [-0.4, -0.2) is 18.6 Å². The fourth-order valence-electron chi connectivity index (χ4n) is 1.11. The Bertz CT molecular complexity index is 371. The second-order valence-corrected chi connectivity index (χ2v) is 7.11. The van der Waals surface area contributed by atoms with Gasteiger partial charge in [0, 0.05) is 15.9 Å². The molecule has 0 radical (unpaired) electrons. The van der Waals surface area contributed by atoms with Gasteiger partial charge in [-0.15, -0.1) is 11.3 Å². The number of hydrogen-bond acceptors (Lipinski definition) is 4. The van der Waals surface area contributed by atoms with Gasteiger partial charge in [0.15, 0.2) is 0 Å². The molecule has 0 saturated carbocycles. The molecule has 1 rings (SSSR count). The lowest BCUT2D eigenvalue weighted by atomic mass is 10.1. The summed E-state index contributed by atoms with van der Waals surface area (Å²) in [4.78, 5) is 12.6. The van der Waals surface area contributed by atoms with Crippen molar-refractivity contribution < 1.29 is 9.53 Å². The number of nitrogens with one attached hydrogen (secondary N) is 1. The van der Waals surface area contributed by atoms with Crippen LogP contribution in [0, 0.1) is 0 Å². The van der Waals surface area contributed by atoms with Crippen molar-refractivity contribution in [1.82, 2.24) is 5.32 Å². The normalized spacial score (nSPS) is 11.6. The highest BCUT2D eigenvalue weighted by Crippen LogP contribution is 2.32. The van der Waals surface area contributed by atoms with Crippen molar-refractivity contribution in [2.24, 2.45) is 0 Å². The van der Waals surface area contributed by atoms with Crippen LogP contribution in [0.3, 0.4) is 0 Å². The maximum atomic E-state index is 11.4. The van der Waals surface area contributed by atoms with Gasteiger partial charge in [0.25, 0.3) is 0 Å². The number of methoxy groups -OCH3 is 1. The first kappa shape index (κ1) is 14.2. The summed E-state index contributed by atoms with van der Waals surface area (Å²) in [5.41, 5.74) is -0.669. The number of esters is 1. The van der Waals surface area contributed by atoms with Crippen LogP contribution in [0.1, 0.15) is 18.7 Å². The predicted octanol–water partition coefficient (Wildman–Crippen LogP) is 3.31. The van der Waals surface area contributed by atoms with Gasteiger partial charge in [-0.1, -0.05) is 0 Å². The molecule has 6 heteroatoms. The van der Waals surface area contributed by atoms with Crippen molar-refractivity contribution in [3.63, 3.8) is 0 Å². The maximum Gasteiger partial charge on any atom is 0.325 e. The predicted molar refractivity (Wildman–Crippen MR) is 72.7 cm³/mol. The molecule has 1 aromatic rings. The Labute approximate surface area is 116 Å². The molecule has 1 heterocycles. The molecular weight excluding hydrogens is 358 g/mol. The molecular formula is C10H13Br2NO2S. The number of carbonyl (C=O) groups is 1. The van der Waals surface area contributed by atoms with E-state index in [9.17, 15) is 4.79 Å².